The highest BCUT2D eigenvalue weighted by Crippen LogP contribution is 2.46. The zero-order chi connectivity index (χ0) is 42.1. The van der Waals surface area contributed by atoms with Crippen LogP contribution in [0.3, 0.4) is 0 Å². The van der Waals surface area contributed by atoms with E-state index in [4.69, 9.17) is 30.7 Å². The lowest BCUT2D eigenvalue weighted by molar-refractivity contribution is -0.145. The van der Waals surface area contributed by atoms with Crippen LogP contribution >= 0.6 is 7.75 Å². The number of halogens is 1. The first kappa shape index (κ1) is 48.8. The van der Waals surface area contributed by atoms with E-state index in [0.717, 1.165) is 25.7 Å². The number of imidazole rings is 1. The molecule has 0 radical (unpaired) electrons. The fourth-order valence-electron chi connectivity index (χ4n) is 6.73. The van der Waals surface area contributed by atoms with Crippen molar-refractivity contribution in [2.75, 3.05) is 26.1 Å². The lowest BCUT2D eigenvalue weighted by Crippen LogP contribution is -2.49. The van der Waals surface area contributed by atoms with E-state index in [1.54, 1.807) is 30.3 Å². The number of benzene rings is 1. The summed E-state index contributed by atoms with van der Waals surface area (Å²) in [5.74, 6) is 1.77. The Morgan fingerprint density at radius 1 is 0.931 bits per heavy atom. The number of esters is 1. The molecule has 0 spiro atoms. The van der Waals surface area contributed by atoms with Gasteiger partial charge in [0.05, 0.1) is 19.5 Å². The Bertz CT molecular complexity index is 1690. The Morgan fingerprint density at radius 2 is 1.47 bits per heavy atom. The third kappa shape index (κ3) is 17.3. The number of para-hydroxylation sites is 1. The Hall–Kier alpha value is -3.60. The number of nitrogens with zero attached hydrogens (tertiary/aromatic N) is 4. The number of fused-ring (bicyclic) bond motifs is 1. The van der Waals surface area contributed by atoms with Gasteiger partial charge >= 0.3 is 19.8 Å². The standard InChI is InChI=1S/C43H68FN6O7P/c1-5-7-8-9-10-11-12-13-14-15-16-17-18-19-20-21-22-23-24-28-31-55-41(52)35(3)49-58(53,57-36-29-26-25-27-30-36)56-33-43(6-2,54-4)37(51)32-50-34-46-38-39(45)47-42(44)48-40(38)50/h2,25-27,29-30,34-35,37,51H,5,7-24,28,31-33H2,1,3-4H3,(H,49,53)(H2,45,47,48)/t35-,37-,43+,58?/m0/s1. The van der Waals surface area contributed by atoms with Gasteiger partial charge in [-0.05, 0) is 25.5 Å². The van der Waals surface area contributed by atoms with Gasteiger partial charge in [0.1, 0.15) is 30.0 Å². The Morgan fingerprint density at radius 3 is 1.98 bits per heavy atom. The highest BCUT2D eigenvalue weighted by Gasteiger charge is 2.42. The van der Waals surface area contributed by atoms with Gasteiger partial charge in [-0.15, -0.1) is 6.42 Å². The van der Waals surface area contributed by atoms with Crippen molar-refractivity contribution >= 4 is 30.7 Å². The molecule has 0 saturated carbocycles. The molecule has 2 aromatic heterocycles. The number of aromatic nitrogens is 4. The molecule has 1 aromatic carbocycles. The monoisotopic (exact) mass is 830 g/mol. The number of aliphatic hydroxyl groups excluding tert-OH is 1. The molecule has 15 heteroatoms. The van der Waals surface area contributed by atoms with Crippen LogP contribution < -0.4 is 15.3 Å². The molecule has 58 heavy (non-hydrogen) atoms. The highest BCUT2D eigenvalue weighted by molar-refractivity contribution is 7.52. The summed E-state index contributed by atoms with van der Waals surface area (Å²) in [7, 11) is -3.12. The molecule has 1 unspecified atom stereocenters. The second kappa shape index (κ2) is 27.2. The van der Waals surface area contributed by atoms with Crippen LogP contribution in [0.5, 0.6) is 5.75 Å². The number of nitrogens with two attached hydrogens (primary N) is 1. The van der Waals surface area contributed by atoms with Crippen LogP contribution in [0.15, 0.2) is 36.7 Å². The molecule has 4 atom stereocenters. The maximum Gasteiger partial charge on any atom is 0.459 e. The average molecular weight is 831 g/mol. The summed E-state index contributed by atoms with van der Waals surface area (Å²) >= 11 is 0. The first-order valence-corrected chi connectivity index (χ1v) is 22.9. The normalized spacial score (nSPS) is 14.7. The van der Waals surface area contributed by atoms with Crippen LogP contribution in [0.4, 0.5) is 10.2 Å². The fraction of sp³-hybridized carbons (Fsp3) is 0.674. The number of hydrogen-bond acceptors (Lipinski definition) is 11. The number of methoxy groups -OCH3 is 1. The van der Waals surface area contributed by atoms with E-state index in [-0.39, 0.29) is 35.9 Å². The minimum atomic E-state index is -4.36. The predicted molar refractivity (Wildman–Crippen MR) is 226 cm³/mol. The molecular formula is C43H68FN6O7P. The molecule has 3 aromatic rings. The molecule has 4 N–H and O–H groups in total. The summed E-state index contributed by atoms with van der Waals surface area (Å²) in [6, 6.07) is 7.15. The zero-order valence-corrected chi connectivity index (χ0v) is 35.9. The van der Waals surface area contributed by atoms with Crippen LogP contribution in [-0.4, -0.2) is 68.7 Å². The number of anilines is 1. The van der Waals surface area contributed by atoms with Gasteiger partial charge in [-0.25, -0.2) is 9.55 Å². The first-order chi connectivity index (χ1) is 28.1. The number of ether oxygens (including phenoxy) is 2. The topological polar surface area (TPSA) is 173 Å². The van der Waals surface area contributed by atoms with Gasteiger partial charge < -0.3 is 29.4 Å². The summed E-state index contributed by atoms with van der Waals surface area (Å²) in [6.45, 7) is 3.06. The molecule has 0 aliphatic heterocycles. The predicted octanol–water partition coefficient (Wildman–Crippen LogP) is 9.47. The number of carbonyl (C=O) groups excluding carboxylic acids is 1. The Kier molecular flexibility index (Phi) is 22.9. The lowest BCUT2D eigenvalue weighted by Gasteiger charge is -2.33. The van der Waals surface area contributed by atoms with E-state index in [1.807, 2.05) is 0 Å². The second-order valence-corrected chi connectivity index (χ2v) is 16.8. The molecule has 0 aliphatic carbocycles. The van der Waals surface area contributed by atoms with Crippen molar-refractivity contribution < 1.29 is 37.4 Å². The van der Waals surface area contributed by atoms with Gasteiger partial charge in [-0.1, -0.05) is 153 Å². The van der Waals surface area contributed by atoms with Gasteiger partial charge in [0.15, 0.2) is 17.1 Å². The van der Waals surface area contributed by atoms with Gasteiger partial charge in [-0.2, -0.15) is 19.4 Å². The van der Waals surface area contributed by atoms with E-state index in [1.165, 1.54) is 128 Å². The number of nitrogen functional groups attached to an aromatic ring is 1. The maximum atomic E-state index is 14.2. The van der Waals surface area contributed by atoms with Crippen molar-refractivity contribution in [2.45, 2.75) is 167 Å². The molecule has 0 saturated heterocycles. The molecule has 3 rings (SSSR count). The van der Waals surface area contributed by atoms with Crippen LogP contribution in [0.25, 0.3) is 11.2 Å². The number of aliphatic hydroxyl groups is 1. The molecular weight excluding hydrogens is 762 g/mol. The van der Waals surface area contributed by atoms with Crippen molar-refractivity contribution in [3.8, 4) is 18.1 Å². The van der Waals surface area contributed by atoms with Crippen molar-refractivity contribution in [1.29, 1.82) is 0 Å². The van der Waals surface area contributed by atoms with Crippen LogP contribution in [0, 0.1) is 18.4 Å². The van der Waals surface area contributed by atoms with E-state index < -0.39 is 44.1 Å². The smallest absolute Gasteiger partial charge is 0.459 e. The summed E-state index contributed by atoms with van der Waals surface area (Å²) in [4.78, 5) is 24.2. The van der Waals surface area contributed by atoms with Gasteiger partial charge in [0.2, 0.25) is 0 Å². The van der Waals surface area contributed by atoms with Crippen LogP contribution in [0.2, 0.25) is 0 Å². The van der Waals surface area contributed by atoms with Crippen molar-refractivity contribution in [2.24, 2.45) is 0 Å². The summed E-state index contributed by atoms with van der Waals surface area (Å²) in [6.07, 6.45) is 30.2. The minimum Gasteiger partial charge on any atom is -0.465 e. The van der Waals surface area contributed by atoms with E-state index >= 15 is 0 Å². The second-order valence-electron chi connectivity index (χ2n) is 15.1. The number of rotatable bonds is 33. The molecule has 0 bridgehead atoms. The Labute approximate surface area is 345 Å². The SMILES string of the molecule is C#C[C@](COP(=O)(N[C@@H](C)C(=O)OCCCCCCCCCCCCCCCCCCCCCC)Oc1ccccc1)(OC)[C@@H](O)Cn1cnc2c(N)nc(F)nc21. The average Bonchev–Trinajstić information content (AvgIpc) is 3.61. The van der Waals surface area contributed by atoms with Gasteiger partial charge in [0.25, 0.3) is 0 Å². The minimum absolute atomic E-state index is 0.0227. The molecule has 0 fully saturated rings. The first-order valence-electron chi connectivity index (χ1n) is 21.3. The van der Waals surface area contributed by atoms with Crippen LogP contribution in [-0.2, 0) is 29.9 Å². The van der Waals surface area contributed by atoms with Gasteiger partial charge in [0, 0.05) is 7.11 Å². The lowest BCUT2D eigenvalue weighted by atomic mass is 9.98. The van der Waals surface area contributed by atoms with E-state index in [0.29, 0.717) is 0 Å². The van der Waals surface area contributed by atoms with Crippen molar-refractivity contribution in [3.63, 3.8) is 0 Å². The largest absolute Gasteiger partial charge is 0.465 e. The van der Waals surface area contributed by atoms with Crippen LogP contribution in [0.1, 0.15) is 142 Å². The quantitative estimate of drug-likeness (QED) is 0.0175. The summed E-state index contributed by atoms with van der Waals surface area (Å²) in [5, 5.41) is 13.9. The molecule has 0 aliphatic rings. The summed E-state index contributed by atoms with van der Waals surface area (Å²) < 4.78 is 52.0. The number of unbranched alkanes of at least 4 members (excludes halogenated alkanes) is 19. The number of carbonyl (C=O) groups is 1. The number of nitrogens with one attached hydrogen (secondary N) is 1. The number of hydrogen-bond donors (Lipinski definition) is 3. The fourth-order valence-corrected chi connectivity index (χ4v) is 8.25. The van der Waals surface area contributed by atoms with E-state index in [9.17, 15) is 18.9 Å². The maximum absolute atomic E-state index is 14.2. The molecule has 324 valence electrons. The van der Waals surface area contributed by atoms with Crippen molar-refractivity contribution in [3.05, 3.63) is 42.7 Å². The number of terminal acetylenes is 1. The molecule has 13 nitrogen and oxygen atoms in total. The zero-order valence-electron chi connectivity index (χ0n) is 35.0. The third-order valence-electron chi connectivity index (χ3n) is 10.3. The summed E-state index contributed by atoms with van der Waals surface area (Å²) in [5.41, 5.74) is 4.03. The molecule has 2 heterocycles. The Balaban J connectivity index is 1.36. The third-order valence-corrected chi connectivity index (χ3v) is 12.0. The van der Waals surface area contributed by atoms with E-state index in [2.05, 4.69) is 32.9 Å². The molecule has 0 amide bonds. The van der Waals surface area contributed by atoms with Crippen molar-refractivity contribution in [1.82, 2.24) is 24.6 Å². The highest BCUT2D eigenvalue weighted by atomic mass is 31.2. The van der Waals surface area contributed by atoms with Gasteiger partial charge in [-0.3, -0.25) is 9.32 Å².